The second kappa shape index (κ2) is 4.11. The lowest BCUT2D eigenvalue weighted by Gasteiger charge is -1.99. The van der Waals surface area contributed by atoms with Gasteiger partial charge < -0.3 is 4.74 Å². The first kappa shape index (κ1) is 9.68. The van der Waals surface area contributed by atoms with Crippen LogP contribution in [-0.4, -0.2) is 11.5 Å². The van der Waals surface area contributed by atoms with E-state index in [1.165, 1.54) is 11.5 Å². The molecule has 0 radical (unpaired) electrons. The van der Waals surface area contributed by atoms with Crippen LogP contribution in [0.1, 0.15) is 0 Å². The Kier molecular flexibility index (Phi) is 2.84. The molecule has 0 spiro atoms. The second-order valence-electron chi connectivity index (χ2n) is 2.74. The normalized spacial score (nSPS) is 10.1. The molecule has 2 nitrogen and oxygen atoms in total. The number of ether oxygens (including phenoxy) is 1. The van der Waals surface area contributed by atoms with Crippen molar-refractivity contribution >= 4 is 27.5 Å². The highest BCUT2D eigenvalue weighted by molar-refractivity contribution is 9.11. The van der Waals surface area contributed by atoms with Gasteiger partial charge >= 0.3 is 0 Å². The molecule has 2 aromatic rings. The van der Waals surface area contributed by atoms with Crippen LogP contribution >= 0.6 is 27.5 Å². The van der Waals surface area contributed by atoms with Gasteiger partial charge in [0.25, 0.3) is 0 Å². The highest BCUT2D eigenvalue weighted by Crippen LogP contribution is 2.26. The molecule has 0 aliphatic heterocycles. The molecule has 0 N–H and O–H groups in total. The molecule has 0 saturated heterocycles. The number of hydrogen-bond donors (Lipinski definition) is 0. The first-order chi connectivity index (χ1) is 6.79. The molecule has 1 heterocycles. The lowest BCUT2D eigenvalue weighted by Crippen LogP contribution is -1.82. The van der Waals surface area contributed by atoms with E-state index in [-0.39, 0.29) is 0 Å². The summed E-state index contributed by atoms with van der Waals surface area (Å²) in [4.78, 5) is 0. The smallest absolute Gasteiger partial charge is 0.118 e. The summed E-state index contributed by atoms with van der Waals surface area (Å²) in [5.41, 5.74) is 2.09. The van der Waals surface area contributed by atoms with Crippen LogP contribution in [0, 0.1) is 0 Å². The molecule has 14 heavy (non-hydrogen) atoms. The maximum Gasteiger partial charge on any atom is 0.118 e. The lowest BCUT2D eigenvalue weighted by atomic mass is 10.1. The third kappa shape index (κ3) is 1.96. The van der Waals surface area contributed by atoms with Gasteiger partial charge in [0.1, 0.15) is 5.75 Å². The quantitative estimate of drug-likeness (QED) is 0.832. The van der Waals surface area contributed by atoms with Crippen molar-refractivity contribution in [1.29, 1.82) is 0 Å². The third-order valence-electron chi connectivity index (χ3n) is 1.87. The fraction of sp³-hybridized carbons (Fsp3) is 0.100. The molecule has 1 aromatic heterocycles. The Balaban J connectivity index is 2.33. The average Bonchev–Trinajstić information content (AvgIpc) is 2.65. The predicted molar refractivity (Wildman–Crippen MR) is 61.8 cm³/mol. The van der Waals surface area contributed by atoms with E-state index in [9.17, 15) is 0 Å². The van der Waals surface area contributed by atoms with Gasteiger partial charge in [0, 0.05) is 5.56 Å². The second-order valence-corrected chi connectivity index (χ2v) is 4.93. The van der Waals surface area contributed by atoms with E-state index in [4.69, 9.17) is 4.74 Å². The van der Waals surface area contributed by atoms with E-state index >= 15 is 0 Å². The molecular formula is C10H8BrNOS. The van der Waals surface area contributed by atoms with Crippen LogP contribution in [0.3, 0.4) is 0 Å². The molecular weight excluding hydrogens is 262 g/mol. The molecule has 4 heteroatoms. The molecule has 0 fully saturated rings. The number of halogens is 1. The van der Waals surface area contributed by atoms with Gasteiger partial charge in [-0.05, 0) is 57.8 Å². The van der Waals surface area contributed by atoms with Gasteiger partial charge in [-0.25, -0.2) is 0 Å². The highest BCUT2D eigenvalue weighted by atomic mass is 79.9. The molecule has 0 saturated carbocycles. The van der Waals surface area contributed by atoms with Gasteiger partial charge in [-0.15, -0.1) is 0 Å². The summed E-state index contributed by atoms with van der Waals surface area (Å²) in [6.07, 6.45) is 0. The van der Waals surface area contributed by atoms with Crippen LogP contribution in [0.15, 0.2) is 34.1 Å². The monoisotopic (exact) mass is 269 g/mol. The van der Waals surface area contributed by atoms with E-state index in [1.807, 2.05) is 30.3 Å². The lowest BCUT2D eigenvalue weighted by molar-refractivity contribution is 0.415. The minimum atomic E-state index is 0.864. The van der Waals surface area contributed by atoms with Crippen LogP contribution in [0.2, 0.25) is 0 Å². The molecule has 0 unspecified atom stereocenters. The van der Waals surface area contributed by atoms with Gasteiger partial charge in [-0.3, -0.25) is 0 Å². The minimum absolute atomic E-state index is 0.864. The van der Waals surface area contributed by atoms with Gasteiger partial charge in [0.15, 0.2) is 0 Å². The Labute approximate surface area is 94.8 Å². The fourth-order valence-electron chi connectivity index (χ4n) is 1.15. The van der Waals surface area contributed by atoms with Crippen molar-refractivity contribution in [3.63, 3.8) is 0 Å². The maximum absolute atomic E-state index is 5.08. The molecule has 72 valence electrons. The van der Waals surface area contributed by atoms with Gasteiger partial charge in [0.2, 0.25) is 0 Å². The summed E-state index contributed by atoms with van der Waals surface area (Å²) in [6.45, 7) is 0. The van der Waals surface area contributed by atoms with E-state index in [1.54, 1.807) is 7.11 Å². The van der Waals surface area contributed by atoms with E-state index in [2.05, 4.69) is 20.3 Å². The van der Waals surface area contributed by atoms with Crippen molar-refractivity contribution in [2.45, 2.75) is 0 Å². The van der Waals surface area contributed by atoms with Crippen LogP contribution in [0.4, 0.5) is 0 Å². The van der Waals surface area contributed by atoms with Gasteiger partial charge in [0.05, 0.1) is 16.6 Å². The van der Waals surface area contributed by atoms with Crippen LogP contribution in [0.25, 0.3) is 11.3 Å². The van der Waals surface area contributed by atoms with E-state index in [0.717, 1.165) is 20.8 Å². The van der Waals surface area contributed by atoms with Crippen LogP contribution in [-0.2, 0) is 0 Å². The van der Waals surface area contributed by atoms with Crippen LogP contribution < -0.4 is 4.74 Å². The number of aromatic nitrogens is 1. The fourth-order valence-corrected chi connectivity index (χ4v) is 2.09. The number of benzene rings is 1. The summed E-state index contributed by atoms with van der Waals surface area (Å²) in [6, 6.07) is 9.87. The first-order valence-corrected chi connectivity index (χ1v) is 5.63. The molecule has 0 bridgehead atoms. The molecule has 1 aromatic carbocycles. The third-order valence-corrected chi connectivity index (χ3v) is 3.11. The Bertz CT molecular complexity index is 424. The van der Waals surface area contributed by atoms with Crippen molar-refractivity contribution < 1.29 is 4.74 Å². The van der Waals surface area contributed by atoms with E-state index in [0.29, 0.717) is 0 Å². The Morgan fingerprint density at radius 1 is 1.29 bits per heavy atom. The minimum Gasteiger partial charge on any atom is -0.497 e. The molecule has 0 atom stereocenters. The number of rotatable bonds is 2. The summed E-state index contributed by atoms with van der Waals surface area (Å²) in [5.74, 6) is 0.864. The Hall–Kier alpha value is -0.870. The van der Waals surface area contributed by atoms with Crippen molar-refractivity contribution in [2.24, 2.45) is 0 Å². The zero-order valence-electron chi connectivity index (χ0n) is 7.53. The predicted octanol–water partition coefficient (Wildman–Crippen LogP) is 3.58. The average molecular weight is 270 g/mol. The summed E-state index contributed by atoms with van der Waals surface area (Å²) in [7, 11) is 1.66. The standard InChI is InChI=1S/C10H8BrNOS/c1-13-8-4-2-7(3-5-8)9-6-10(11)14-12-9/h2-6H,1H3. The summed E-state index contributed by atoms with van der Waals surface area (Å²) in [5, 5.41) is 0. The van der Waals surface area contributed by atoms with Crippen molar-refractivity contribution in [1.82, 2.24) is 4.37 Å². The zero-order valence-corrected chi connectivity index (χ0v) is 9.93. The van der Waals surface area contributed by atoms with Gasteiger partial charge in [-0.2, -0.15) is 4.37 Å². The van der Waals surface area contributed by atoms with Crippen molar-refractivity contribution in [2.75, 3.05) is 7.11 Å². The molecule has 0 aliphatic carbocycles. The topological polar surface area (TPSA) is 22.1 Å². The first-order valence-electron chi connectivity index (χ1n) is 4.06. The molecule has 0 amide bonds. The Morgan fingerprint density at radius 2 is 2.00 bits per heavy atom. The highest BCUT2D eigenvalue weighted by Gasteiger charge is 2.02. The van der Waals surface area contributed by atoms with Crippen molar-refractivity contribution in [3.8, 4) is 17.0 Å². The Morgan fingerprint density at radius 3 is 2.50 bits per heavy atom. The van der Waals surface area contributed by atoms with Crippen LogP contribution in [0.5, 0.6) is 5.75 Å². The number of methoxy groups -OCH3 is 1. The zero-order chi connectivity index (χ0) is 9.97. The molecule has 2 rings (SSSR count). The summed E-state index contributed by atoms with van der Waals surface area (Å²) >= 11 is 4.83. The number of hydrogen-bond acceptors (Lipinski definition) is 3. The SMILES string of the molecule is COc1ccc(-c2cc(Br)sn2)cc1. The van der Waals surface area contributed by atoms with Crippen molar-refractivity contribution in [3.05, 3.63) is 34.1 Å². The largest absolute Gasteiger partial charge is 0.497 e. The maximum atomic E-state index is 5.08. The number of nitrogens with zero attached hydrogens (tertiary/aromatic N) is 1. The van der Waals surface area contributed by atoms with E-state index < -0.39 is 0 Å². The summed E-state index contributed by atoms with van der Waals surface area (Å²) < 4.78 is 10.4. The van der Waals surface area contributed by atoms with Gasteiger partial charge in [-0.1, -0.05) is 0 Å². The molecule has 0 aliphatic rings.